The van der Waals surface area contributed by atoms with Gasteiger partial charge in [-0.3, -0.25) is 0 Å². The van der Waals surface area contributed by atoms with Gasteiger partial charge in [0, 0.05) is 0 Å². The average molecular weight is 212 g/mol. The molecule has 0 aliphatic rings. The Morgan fingerprint density at radius 1 is 0.875 bits per heavy atom. The largest absolute Gasteiger partial charge is 0.392 e. The number of benzene rings is 2. The van der Waals surface area contributed by atoms with Gasteiger partial charge in [-0.1, -0.05) is 36.4 Å². The molecule has 16 heavy (non-hydrogen) atoms. The third-order valence-corrected chi connectivity index (χ3v) is 2.92. The maximum atomic E-state index is 9.17. The van der Waals surface area contributed by atoms with E-state index in [2.05, 4.69) is 38.1 Å². The Labute approximate surface area is 96.4 Å². The minimum absolute atomic E-state index is 0.0964. The fourth-order valence-corrected chi connectivity index (χ4v) is 1.93. The van der Waals surface area contributed by atoms with Crippen molar-refractivity contribution < 1.29 is 5.11 Å². The van der Waals surface area contributed by atoms with Crippen LogP contribution in [0.5, 0.6) is 0 Å². The van der Waals surface area contributed by atoms with Crippen LogP contribution in [0.25, 0.3) is 11.1 Å². The first-order valence-corrected chi connectivity index (χ1v) is 5.49. The first-order valence-electron chi connectivity index (χ1n) is 5.49. The number of aliphatic hydroxyl groups is 1. The van der Waals surface area contributed by atoms with Gasteiger partial charge in [-0.2, -0.15) is 0 Å². The summed E-state index contributed by atoms with van der Waals surface area (Å²) in [4.78, 5) is 0. The van der Waals surface area contributed by atoms with Gasteiger partial charge in [-0.15, -0.1) is 0 Å². The molecule has 1 heteroatoms. The lowest BCUT2D eigenvalue weighted by Crippen LogP contribution is -1.90. The highest BCUT2D eigenvalue weighted by atomic mass is 16.3. The summed E-state index contributed by atoms with van der Waals surface area (Å²) >= 11 is 0. The van der Waals surface area contributed by atoms with Gasteiger partial charge in [0.1, 0.15) is 0 Å². The van der Waals surface area contributed by atoms with Gasteiger partial charge in [0.2, 0.25) is 0 Å². The summed E-state index contributed by atoms with van der Waals surface area (Å²) in [7, 11) is 0. The summed E-state index contributed by atoms with van der Waals surface area (Å²) in [6.07, 6.45) is 0. The van der Waals surface area contributed by atoms with E-state index in [0.717, 1.165) is 5.56 Å². The number of aliphatic hydroxyl groups excluding tert-OH is 1. The monoisotopic (exact) mass is 212 g/mol. The van der Waals surface area contributed by atoms with E-state index in [1.807, 2.05) is 18.2 Å². The van der Waals surface area contributed by atoms with Crippen LogP contribution >= 0.6 is 0 Å². The van der Waals surface area contributed by atoms with Gasteiger partial charge in [0.15, 0.2) is 0 Å². The second kappa shape index (κ2) is 4.50. The zero-order chi connectivity index (χ0) is 11.5. The van der Waals surface area contributed by atoms with Crippen molar-refractivity contribution in [1.82, 2.24) is 0 Å². The van der Waals surface area contributed by atoms with Crippen LogP contribution in [0.1, 0.15) is 16.7 Å². The van der Waals surface area contributed by atoms with E-state index in [1.54, 1.807) is 0 Å². The molecule has 0 aliphatic heterocycles. The van der Waals surface area contributed by atoms with Gasteiger partial charge in [-0.25, -0.2) is 0 Å². The van der Waals surface area contributed by atoms with Crippen LogP contribution in [-0.4, -0.2) is 5.11 Å². The first-order chi connectivity index (χ1) is 7.72. The van der Waals surface area contributed by atoms with E-state index in [9.17, 15) is 0 Å². The van der Waals surface area contributed by atoms with E-state index in [4.69, 9.17) is 5.11 Å². The Morgan fingerprint density at radius 3 is 2.25 bits per heavy atom. The predicted molar refractivity (Wildman–Crippen MR) is 67.3 cm³/mol. The molecule has 0 unspecified atom stereocenters. The second-order valence-electron chi connectivity index (χ2n) is 4.12. The second-order valence-corrected chi connectivity index (χ2v) is 4.12. The minimum Gasteiger partial charge on any atom is -0.392 e. The molecule has 0 fully saturated rings. The molecule has 0 amide bonds. The molecule has 2 aromatic carbocycles. The van der Waals surface area contributed by atoms with Crippen molar-refractivity contribution in [3.05, 3.63) is 59.2 Å². The Morgan fingerprint density at radius 2 is 1.56 bits per heavy atom. The average Bonchev–Trinajstić information content (AvgIpc) is 2.31. The maximum Gasteiger partial charge on any atom is 0.0682 e. The summed E-state index contributed by atoms with van der Waals surface area (Å²) < 4.78 is 0. The minimum atomic E-state index is 0.0964. The molecule has 82 valence electrons. The summed E-state index contributed by atoms with van der Waals surface area (Å²) in [6, 6.07) is 14.4. The lowest BCUT2D eigenvalue weighted by atomic mass is 9.95. The van der Waals surface area contributed by atoms with Gasteiger partial charge < -0.3 is 5.11 Å². The van der Waals surface area contributed by atoms with Gasteiger partial charge >= 0.3 is 0 Å². The topological polar surface area (TPSA) is 20.2 Å². The summed E-state index contributed by atoms with van der Waals surface area (Å²) in [5, 5.41) is 9.17. The predicted octanol–water partition coefficient (Wildman–Crippen LogP) is 3.46. The highest BCUT2D eigenvalue weighted by Gasteiger charge is 2.05. The summed E-state index contributed by atoms with van der Waals surface area (Å²) in [6.45, 7) is 4.31. The first kappa shape index (κ1) is 10.9. The van der Waals surface area contributed by atoms with Gasteiger partial charge in [0.05, 0.1) is 6.61 Å². The van der Waals surface area contributed by atoms with Crippen molar-refractivity contribution in [3.63, 3.8) is 0 Å². The lowest BCUT2D eigenvalue weighted by Gasteiger charge is -2.10. The quantitative estimate of drug-likeness (QED) is 0.808. The third-order valence-electron chi connectivity index (χ3n) is 2.92. The Bertz CT molecular complexity index is 501. The molecular formula is C15H16O. The number of hydrogen-bond acceptors (Lipinski definition) is 1. The fourth-order valence-electron chi connectivity index (χ4n) is 1.93. The van der Waals surface area contributed by atoms with Crippen LogP contribution in [-0.2, 0) is 6.61 Å². The highest BCUT2D eigenvalue weighted by Crippen LogP contribution is 2.27. The Hall–Kier alpha value is -1.60. The normalized spacial score (nSPS) is 10.4. The third kappa shape index (κ3) is 2.00. The van der Waals surface area contributed by atoms with Crippen LogP contribution in [0.2, 0.25) is 0 Å². The van der Waals surface area contributed by atoms with Crippen molar-refractivity contribution >= 4 is 0 Å². The Balaban J connectivity index is 2.59. The zero-order valence-electron chi connectivity index (χ0n) is 9.70. The molecule has 0 saturated carbocycles. The molecule has 0 spiro atoms. The molecule has 1 N–H and O–H groups in total. The van der Waals surface area contributed by atoms with Gasteiger partial charge in [-0.05, 0) is 47.7 Å². The van der Waals surface area contributed by atoms with Crippen LogP contribution in [0.15, 0.2) is 42.5 Å². The SMILES string of the molecule is Cc1ccccc1-c1cc(CO)ccc1C. The van der Waals surface area contributed by atoms with Crippen molar-refractivity contribution in [2.75, 3.05) is 0 Å². The van der Waals surface area contributed by atoms with E-state index in [1.165, 1.54) is 22.3 Å². The smallest absolute Gasteiger partial charge is 0.0682 e. The van der Waals surface area contributed by atoms with Crippen LogP contribution in [0.4, 0.5) is 0 Å². The molecule has 2 rings (SSSR count). The van der Waals surface area contributed by atoms with E-state index in [-0.39, 0.29) is 6.61 Å². The molecule has 0 radical (unpaired) electrons. The molecule has 0 atom stereocenters. The van der Waals surface area contributed by atoms with Crippen LogP contribution in [0, 0.1) is 13.8 Å². The Kier molecular flexibility index (Phi) is 3.07. The zero-order valence-corrected chi connectivity index (χ0v) is 9.70. The van der Waals surface area contributed by atoms with E-state index < -0.39 is 0 Å². The molecule has 2 aromatic rings. The van der Waals surface area contributed by atoms with Gasteiger partial charge in [0.25, 0.3) is 0 Å². The fraction of sp³-hybridized carbons (Fsp3) is 0.200. The molecule has 0 heterocycles. The summed E-state index contributed by atoms with van der Waals surface area (Å²) in [5.41, 5.74) is 5.93. The number of rotatable bonds is 2. The molecule has 0 aliphatic carbocycles. The summed E-state index contributed by atoms with van der Waals surface area (Å²) in [5.74, 6) is 0. The van der Waals surface area contributed by atoms with Crippen molar-refractivity contribution in [2.45, 2.75) is 20.5 Å². The highest BCUT2D eigenvalue weighted by molar-refractivity contribution is 5.70. The molecule has 0 saturated heterocycles. The van der Waals surface area contributed by atoms with Crippen molar-refractivity contribution in [2.24, 2.45) is 0 Å². The van der Waals surface area contributed by atoms with Crippen molar-refractivity contribution in [1.29, 1.82) is 0 Å². The molecule has 1 nitrogen and oxygen atoms in total. The van der Waals surface area contributed by atoms with E-state index >= 15 is 0 Å². The molecular weight excluding hydrogens is 196 g/mol. The van der Waals surface area contributed by atoms with E-state index in [0.29, 0.717) is 0 Å². The standard InChI is InChI=1S/C15H16O/c1-11-5-3-4-6-14(11)15-9-13(10-16)8-7-12(15)2/h3-9,16H,10H2,1-2H3. The van der Waals surface area contributed by atoms with Crippen molar-refractivity contribution in [3.8, 4) is 11.1 Å². The molecule has 0 bridgehead atoms. The number of hydrogen-bond donors (Lipinski definition) is 1. The maximum absolute atomic E-state index is 9.17. The van der Waals surface area contributed by atoms with Crippen LogP contribution in [0.3, 0.4) is 0 Å². The lowest BCUT2D eigenvalue weighted by molar-refractivity contribution is 0.282. The molecule has 0 aromatic heterocycles. The van der Waals surface area contributed by atoms with Crippen LogP contribution < -0.4 is 0 Å². The number of aryl methyl sites for hydroxylation is 2.